The summed E-state index contributed by atoms with van der Waals surface area (Å²) in [6, 6.07) is 10.4. The molecule has 0 aliphatic heterocycles. The Labute approximate surface area is 140 Å². The molecule has 5 nitrogen and oxygen atoms in total. The molecule has 0 fully saturated rings. The van der Waals surface area contributed by atoms with E-state index >= 15 is 0 Å². The predicted molar refractivity (Wildman–Crippen MR) is 91.2 cm³/mol. The van der Waals surface area contributed by atoms with Crippen LogP contribution in [0.4, 0.5) is 0 Å². The van der Waals surface area contributed by atoms with Gasteiger partial charge in [-0.15, -0.1) is 11.3 Å². The monoisotopic (exact) mass is 353 g/mol. The van der Waals surface area contributed by atoms with Gasteiger partial charge < -0.3 is 9.08 Å². The van der Waals surface area contributed by atoms with Crippen LogP contribution in [-0.2, 0) is 16.7 Å². The molecule has 0 saturated heterocycles. The van der Waals surface area contributed by atoms with Crippen LogP contribution in [0.2, 0.25) is 0 Å². The summed E-state index contributed by atoms with van der Waals surface area (Å²) in [5.74, 6) is 0.210. The van der Waals surface area contributed by atoms with Crippen molar-refractivity contribution in [3.63, 3.8) is 0 Å². The Balaban J connectivity index is 2.20. The van der Waals surface area contributed by atoms with Crippen molar-refractivity contribution in [3.8, 4) is 5.75 Å². The molecule has 1 aromatic carbocycles. The number of thiophene rings is 1. The number of rotatable bonds is 6. The molecule has 1 aromatic heterocycles. The van der Waals surface area contributed by atoms with Crippen molar-refractivity contribution in [3.05, 3.63) is 52.2 Å². The lowest BCUT2D eigenvalue weighted by Gasteiger charge is -2.26. The van der Waals surface area contributed by atoms with Crippen molar-refractivity contribution >= 4 is 27.4 Å². The summed E-state index contributed by atoms with van der Waals surface area (Å²) in [5, 5.41) is 1.87. The standard InChI is InChI=1S/C16H19NO4S2/c1-12(2)17(16(18)15-8-5-9-22-15)11-13-6-4-7-14(10-13)21-23(3,19)20/h4-10,12H,11H2,1-3H3. The molecule has 124 valence electrons. The van der Waals surface area contributed by atoms with E-state index < -0.39 is 10.1 Å². The van der Waals surface area contributed by atoms with E-state index in [1.165, 1.54) is 11.3 Å². The summed E-state index contributed by atoms with van der Waals surface area (Å²) in [7, 11) is -3.57. The van der Waals surface area contributed by atoms with Crippen LogP contribution in [0.1, 0.15) is 29.1 Å². The second-order valence-corrected chi connectivity index (χ2v) is 7.96. The molecule has 2 rings (SSSR count). The molecular weight excluding hydrogens is 334 g/mol. The topological polar surface area (TPSA) is 63.7 Å². The molecule has 0 aliphatic rings. The van der Waals surface area contributed by atoms with E-state index in [1.54, 1.807) is 29.2 Å². The van der Waals surface area contributed by atoms with E-state index in [2.05, 4.69) is 0 Å². The summed E-state index contributed by atoms with van der Waals surface area (Å²) >= 11 is 1.40. The molecule has 0 aliphatic carbocycles. The highest BCUT2D eigenvalue weighted by molar-refractivity contribution is 7.86. The fourth-order valence-corrected chi connectivity index (χ4v) is 3.23. The number of hydrogen-bond acceptors (Lipinski definition) is 5. The Bertz CT molecular complexity index is 767. The second kappa shape index (κ2) is 7.14. The molecule has 0 N–H and O–H groups in total. The molecule has 0 radical (unpaired) electrons. The van der Waals surface area contributed by atoms with Gasteiger partial charge in [0.05, 0.1) is 11.1 Å². The van der Waals surface area contributed by atoms with Crippen molar-refractivity contribution in [1.29, 1.82) is 0 Å². The highest BCUT2D eigenvalue weighted by Gasteiger charge is 2.20. The zero-order valence-electron chi connectivity index (χ0n) is 13.2. The van der Waals surface area contributed by atoms with Gasteiger partial charge in [-0.1, -0.05) is 18.2 Å². The zero-order valence-corrected chi connectivity index (χ0v) is 14.9. The predicted octanol–water partition coefficient (Wildman–Crippen LogP) is 3.14. The van der Waals surface area contributed by atoms with Crippen molar-refractivity contribution in [2.45, 2.75) is 26.4 Å². The van der Waals surface area contributed by atoms with Crippen molar-refractivity contribution < 1.29 is 17.4 Å². The summed E-state index contributed by atoms with van der Waals surface area (Å²) in [5.41, 5.74) is 0.810. The first-order valence-electron chi connectivity index (χ1n) is 7.09. The Kier molecular flexibility index (Phi) is 5.43. The minimum absolute atomic E-state index is 0.0177. The quantitative estimate of drug-likeness (QED) is 0.749. The maximum atomic E-state index is 12.6. The van der Waals surface area contributed by atoms with Crippen LogP contribution in [0.3, 0.4) is 0 Å². The average Bonchev–Trinajstić information content (AvgIpc) is 2.96. The number of nitrogens with zero attached hydrogens (tertiary/aromatic N) is 1. The maximum Gasteiger partial charge on any atom is 0.306 e. The van der Waals surface area contributed by atoms with E-state index in [-0.39, 0.29) is 17.7 Å². The summed E-state index contributed by atoms with van der Waals surface area (Å²) in [4.78, 5) is 15.0. The van der Waals surface area contributed by atoms with Gasteiger partial charge in [0.1, 0.15) is 5.75 Å². The van der Waals surface area contributed by atoms with Gasteiger partial charge in [0.25, 0.3) is 5.91 Å². The van der Waals surface area contributed by atoms with Crippen LogP contribution < -0.4 is 4.18 Å². The first-order valence-corrected chi connectivity index (χ1v) is 9.79. The molecule has 1 heterocycles. The summed E-state index contributed by atoms with van der Waals surface area (Å²) in [6.45, 7) is 4.28. The van der Waals surface area contributed by atoms with Gasteiger partial charge in [-0.05, 0) is 43.0 Å². The number of benzene rings is 1. The van der Waals surface area contributed by atoms with Gasteiger partial charge in [0.15, 0.2) is 0 Å². The lowest BCUT2D eigenvalue weighted by molar-refractivity contribution is 0.0695. The zero-order chi connectivity index (χ0) is 17.0. The first-order chi connectivity index (χ1) is 10.8. The van der Waals surface area contributed by atoms with E-state index in [9.17, 15) is 13.2 Å². The van der Waals surface area contributed by atoms with E-state index in [1.807, 2.05) is 31.4 Å². The second-order valence-electron chi connectivity index (χ2n) is 5.44. The fraction of sp³-hybridized carbons (Fsp3) is 0.312. The smallest absolute Gasteiger partial charge is 0.306 e. The van der Waals surface area contributed by atoms with Crippen LogP contribution in [0, 0.1) is 0 Å². The van der Waals surface area contributed by atoms with Gasteiger partial charge in [-0.2, -0.15) is 8.42 Å². The van der Waals surface area contributed by atoms with Crippen LogP contribution in [-0.4, -0.2) is 31.5 Å². The van der Waals surface area contributed by atoms with Gasteiger partial charge in [-0.3, -0.25) is 4.79 Å². The van der Waals surface area contributed by atoms with Crippen molar-refractivity contribution in [1.82, 2.24) is 4.90 Å². The Morgan fingerprint density at radius 1 is 1.26 bits per heavy atom. The molecular formula is C16H19NO4S2. The number of amides is 1. The van der Waals surface area contributed by atoms with Crippen LogP contribution >= 0.6 is 11.3 Å². The third-order valence-corrected chi connectivity index (χ3v) is 4.47. The molecule has 0 saturated carbocycles. The Hall–Kier alpha value is -1.86. The fourth-order valence-electron chi connectivity index (χ4n) is 2.10. The first kappa shape index (κ1) is 17.5. The molecule has 23 heavy (non-hydrogen) atoms. The molecule has 0 atom stereocenters. The van der Waals surface area contributed by atoms with Gasteiger partial charge in [-0.25, -0.2) is 0 Å². The molecule has 0 bridgehead atoms. The molecule has 7 heteroatoms. The normalized spacial score (nSPS) is 11.5. The highest BCUT2D eigenvalue weighted by Crippen LogP contribution is 2.20. The maximum absolute atomic E-state index is 12.6. The largest absolute Gasteiger partial charge is 0.383 e. The Morgan fingerprint density at radius 3 is 2.57 bits per heavy atom. The van der Waals surface area contributed by atoms with Gasteiger partial charge in [0.2, 0.25) is 0 Å². The molecule has 0 unspecified atom stereocenters. The lowest BCUT2D eigenvalue weighted by atomic mass is 10.1. The van der Waals surface area contributed by atoms with Crippen LogP contribution in [0.5, 0.6) is 5.75 Å². The number of carbonyl (C=O) groups is 1. The molecule has 2 aromatic rings. The molecule has 0 spiro atoms. The third kappa shape index (κ3) is 5.07. The average molecular weight is 353 g/mol. The minimum Gasteiger partial charge on any atom is -0.383 e. The third-order valence-electron chi connectivity index (χ3n) is 3.12. The highest BCUT2D eigenvalue weighted by atomic mass is 32.2. The van der Waals surface area contributed by atoms with E-state index in [0.717, 1.165) is 11.8 Å². The summed E-state index contributed by atoms with van der Waals surface area (Å²) < 4.78 is 27.3. The minimum atomic E-state index is -3.57. The number of carbonyl (C=O) groups excluding carboxylic acids is 1. The van der Waals surface area contributed by atoms with Crippen LogP contribution in [0.25, 0.3) is 0 Å². The summed E-state index contributed by atoms with van der Waals surface area (Å²) in [6.07, 6.45) is 1.00. The van der Waals surface area contributed by atoms with Gasteiger partial charge >= 0.3 is 10.1 Å². The van der Waals surface area contributed by atoms with E-state index in [4.69, 9.17) is 4.18 Å². The van der Waals surface area contributed by atoms with E-state index in [0.29, 0.717) is 11.4 Å². The molecule has 1 amide bonds. The SMILES string of the molecule is CC(C)N(Cc1cccc(OS(C)(=O)=O)c1)C(=O)c1cccs1. The number of hydrogen-bond donors (Lipinski definition) is 0. The van der Waals surface area contributed by atoms with Crippen LogP contribution in [0.15, 0.2) is 41.8 Å². The van der Waals surface area contributed by atoms with Crippen molar-refractivity contribution in [2.75, 3.05) is 6.26 Å². The lowest BCUT2D eigenvalue weighted by Crippen LogP contribution is -2.35. The van der Waals surface area contributed by atoms with Gasteiger partial charge in [0, 0.05) is 12.6 Å². The van der Waals surface area contributed by atoms with Crippen molar-refractivity contribution in [2.24, 2.45) is 0 Å². The Morgan fingerprint density at radius 2 is 2.00 bits per heavy atom.